The molecule has 0 aliphatic rings. The minimum absolute atomic E-state index is 0.0186. The number of hydrogen-bond donors (Lipinski definition) is 2. The molecule has 0 heterocycles. The summed E-state index contributed by atoms with van der Waals surface area (Å²) >= 11 is 0. The van der Waals surface area contributed by atoms with Crippen molar-refractivity contribution in [2.24, 2.45) is 0 Å². The molecule has 0 radical (unpaired) electrons. The average molecular weight is 340 g/mol. The molecule has 0 aliphatic heterocycles. The molecule has 0 aromatic heterocycles. The second-order valence-electron chi connectivity index (χ2n) is 7.18. The zero-order valence-electron chi connectivity index (χ0n) is 15.7. The second kappa shape index (κ2) is 8.06. The lowest BCUT2D eigenvalue weighted by molar-refractivity contribution is -0.120. The topological polar surface area (TPSA) is 50.4 Å². The van der Waals surface area contributed by atoms with E-state index in [2.05, 4.69) is 37.5 Å². The van der Waals surface area contributed by atoms with Crippen LogP contribution in [0.25, 0.3) is 0 Å². The highest BCUT2D eigenvalue weighted by molar-refractivity contribution is 5.81. The first kappa shape index (κ1) is 18.8. The molecule has 0 aliphatic carbocycles. The lowest BCUT2D eigenvalue weighted by Crippen LogP contribution is -2.32. The lowest BCUT2D eigenvalue weighted by Gasteiger charge is -2.23. The smallest absolute Gasteiger partial charge is 0.239 e. The number of hydrogen-bond acceptors (Lipinski definition) is 3. The van der Waals surface area contributed by atoms with Crippen molar-refractivity contribution in [3.05, 3.63) is 59.7 Å². The number of carbonyl (C=O) groups is 1. The van der Waals surface area contributed by atoms with E-state index in [9.17, 15) is 4.79 Å². The third kappa shape index (κ3) is 4.99. The van der Waals surface area contributed by atoms with Gasteiger partial charge in [-0.1, -0.05) is 57.2 Å². The van der Waals surface area contributed by atoms with E-state index in [0.29, 0.717) is 0 Å². The van der Waals surface area contributed by atoms with Crippen LogP contribution in [0, 0.1) is 0 Å². The molecule has 0 spiro atoms. The predicted molar refractivity (Wildman–Crippen MR) is 103 cm³/mol. The quantitative estimate of drug-likeness (QED) is 0.825. The molecule has 0 saturated carbocycles. The fourth-order valence-corrected chi connectivity index (χ4v) is 2.86. The molecule has 1 atom stereocenters. The van der Waals surface area contributed by atoms with Gasteiger partial charge in [0.15, 0.2) is 0 Å². The molecule has 134 valence electrons. The Labute approximate surface area is 150 Å². The number of anilines is 1. The Balaban J connectivity index is 2.00. The molecule has 25 heavy (non-hydrogen) atoms. The van der Waals surface area contributed by atoms with Crippen molar-refractivity contribution in [1.29, 1.82) is 0 Å². The number of nitrogens with one attached hydrogen (secondary N) is 2. The SMILES string of the molecule is COc1ccccc1C(C)NC(=O)CNc1ccccc1C(C)(C)C. The summed E-state index contributed by atoms with van der Waals surface area (Å²) in [6.07, 6.45) is 0. The Hall–Kier alpha value is -2.49. The molecular weight excluding hydrogens is 312 g/mol. The summed E-state index contributed by atoms with van der Waals surface area (Å²) in [5, 5.41) is 6.28. The van der Waals surface area contributed by atoms with E-state index in [0.717, 1.165) is 17.0 Å². The van der Waals surface area contributed by atoms with E-state index in [1.54, 1.807) is 7.11 Å². The van der Waals surface area contributed by atoms with Gasteiger partial charge in [-0.2, -0.15) is 0 Å². The van der Waals surface area contributed by atoms with Crippen molar-refractivity contribution in [3.63, 3.8) is 0 Å². The van der Waals surface area contributed by atoms with E-state index < -0.39 is 0 Å². The van der Waals surface area contributed by atoms with Crippen LogP contribution < -0.4 is 15.4 Å². The number of amides is 1. The first-order valence-electron chi connectivity index (χ1n) is 8.58. The Bertz CT molecular complexity index is 720. The van der Waals surface area contributed by atoms with Gasteiger partial charge in [-0.25, -0.2) is 0 Å². The zero-order chi connectivity index (χ0) is 18.4. The summed E-state index contributed by atoms with van der Waals surface area (Å²) in [5.41, 5.74) is 3.18. The molecule has 2 rings (SSSR count). The van der Waals surface area contributed by atoms with Crippen LogP contribution in [0.2, 0.25) is 0 Å². The van der Waals surface area contributed by atoms with Gasteiger partial charge in [0.1, 0.15) is 5.75 Å². The fraction of sp³-hybridized carbons (Fsp3) is 0.381. The van der Waals surface area contributed by atoms with Gasteiger partial charge in [-0.15, -0.1) is 0 Å². The van der Waals surface area contributed by atoms with Crippen LogP contribution in [-0.4, -0.2) is 19.6 Å². The van der Waals surface area contributed by atoms with Gasteiger partial charge >= 0.3 is 0 Å². The molecule has 2 aromatic rings. The van der Waals surface area contributed by atoms with Crippen LogP contribution in [-0.2, 0) is 10.2 Å². The van der Waals surface area contributed by atoms with Gasteiger partial charge in [-0.05, 0) is 30.0 Å². The van der Waals surface area contributed by atoms with Crippen molar-refractivity contribution in [2.45, 2.75) is 39.2 Å². The van der Waals surface area contributed by atoms with Crippen molar-refractivity contribution in [2.75, 3.05) is 19.0 Å². The molecule has 4 heteroatoms. The molecule has 1 unspecified atom stereocenters. The van der Waals surface area contributed by atoms with E-state index in [1.807, 2.05) is 49.4 Å². The highest BCUT2D eigenvalue weighted by Gasteiger charge is 2.18. The molecular formula is C21H28N2O2. The van der Waals surface area contributed by atoms with Crippen molar-refractivity contribution < 1.29 is 9.53 Å². The normalized spacial score (nSPS) is 12.4. The Morgan fingerprint density at radius 1 is 1.08 bits per heavy atom. The van der Waals surface area contributed by atoms with Gasteiger partial charge in [0.2, 0.25) is 5.91 Å². The van der Waals surface area contributed by atoms with Crippen LogP contribution >= 0.6 is 0 Å². The molecule has 0 bridgehead atoms. The number of rotatable bonds is 6. The first-order valence-corrected chi connectivity index (χ1v) is 8.58. The van der Waals surface area contributed by atoms with E-state index in [1.165, 1.54) is 5.56 Å². The maximum absolute atomic E-state index is 12.3. The summed E-state index contributed by atoms with van der Waals surface area (Å²) in [7, 11) is 1.64. The third-order valence-corrected chi connectivity index (χ3v) is 4.16. The van der Waals surface area contributed by atoms with Crippen LogP contribution in [0.3, 0.4) is 0 Å². The molecule has 1 amide bonds. The molecule has 2 aromatic carbocycles. The predicted octanol–water partition coefficient (Wildman–Crippen LogP) is 4.28. The summed E-state index contributed by atoms with van der Waals surface area (Å²) < 4.78 is 5.36. The summed E-state index contributed by atoms with van der Waals surface area (Å²) in [5.74, 6) is 0.725. The van der Waals surface area contributed by atoms with E-state index in [-0.39, 0.29) is 23.9 Å². The average Bonchev–Trinajstić information content (AvgIpc) is 2.59. The van der Waals surface area contributed by atoms with Crippen molar-refractivity contribution in [1.82, 2.24) is 5.32 Å². The monoisotopic (exact) mass is 340 g/mol. The molecule has 0 fully saturated rings. The van der Waals surface area contributed by atoms with E-state index in [4.69, 9.17) is 4.74 Å². The van der Waals surface area contributed by atoms with Crippen LogP contribution in [0.15, 0.2) is 48.5 Å². The second-order valence-corrected chi connectivity index (χ2v) is 7.18. The molecule has 4 nitrogen and oxygen atoms in total. The minimum Gasteiger partial charge on any atom is -0.496 e. The Morgan fingerprint density at radius 2 is 1.72 bits per heavy atom. The van der Waals surface area contributed by atoms with Gasteiger partial charge in [-0.3, -0.25) is 4.79 Å². The number of methoxy groups -OCH3 is 1. The Morgan fingerprint density at radius 3 is 2.40 bits per heavy atom. The molecule has 2 N–H and O–H groups in total. The number of benzene rings is 2. The van der Waals surface area contributed by atoms with Gasteiger partial charge in [0.05, 0.1) is 19.7 Å². The van der Waals surface area contributed by atoms with Crippen molar-refractivity contribution in [3.8, 4) is 5.75 Å². The van der Waals surface area contributed by atoms with Crippen LogP contribution in [0.4, 0.5) is 5.69 Å². The highest BCUT2D eigenvalue weighted by atomic mass is 16.5. The number of carbonyl (C=O) groups excluding carboxylic acids is 1. The lowest BCUT2D eigenvalue weighted by atomic mass is 9.86. The maximum Gasteiger partial charge on any atom is 0.239 e. The molecule has 0 saturated heterocycles. The van der Waals surface area contributed by atoms with Crippen LogP contribution in [0.5, 0.6) is 5.75 Å². The van der Waals surface area contributed by atoms with Gasteiger partial charge in [0, 0.05) is 11.3 Å². The van der Waals surface area contributed by atoms with E-state index >= 15 is 0 Å². The van der Waals surface area contributed by atoms with Gasteiger partial charge in [0.25, 0.3) is 0 Å². The van der Waals surface area contributed by atoms with Gasteiger partial charge < -0.3 is 15.4 Å². The summed E-state index contributed by atoms with van der Waals surface area (Å²) in [6, 6.07) is 15.7. The Kier molecular flexibility index (Phi) is 6.07. The highest BCUT2D eigenvalue weighted by Crippen LogP contribution is 2.29. The number of ether oxygens (including phenoxy) is 1. The summed E-state index contributed by atoms with van der Waals surface area (Å²) in [4.78, 5) is 12.3. The zero-order valence-corrected chi connectivity index (χ0v) is 15.7. The van der Waals surface area contributed by atoms with Crippen molar-refractivity contribution >= 4 is 11.6 Å². The first-order chi connectivity index (χ1) is 11.8. The largest absolute Gasteiger partial charge is 0.496 e. The number of para-hydroxylation sites is 2. The summed E-state index contributed by atoms with van der Waals surface area (Å²) in [6.45, 7) is 8.68. The fourth-order valence-electron chi connectivity index (χ4n) is 2.86. The van der Waals surface area contributed by atoms with Crippen LogP contribution in [0.1, 0.15) is 44.9 Å². The third-order valence-electron chi connectivity index (χ3n) is 4.16. The maximum atomic E-state index is 12.3. The minimum atomic E-state index is -0.122. The standard InChI is InChI=1S/C21H28N2O2/c1-15(16-10-6-9-13-19(16)25-5)23-20(24)14-22-18-12-8-7-11-17(18)21(2,3)4/h6-13,15,22H,14H2,1-5H3,(H,23,24).